The van der Waals surface area contributed by atoms with Crippen LogP contribution in [-0.2, 0) is 14.8 Å². The fourth-order valence-corrected chi connectivity index (χ4v) is 4.60. The third-order valence-electron chi connectivity index (χ3n) is 3.62. The number of nitrogens with one attached hydrogen (secondary N) is 2. The molecule has 122 valence electrons. The minimum atomic E-state index is -3.61. The van der Waals surface area contributed by atoms with Crippen molar-refractivity contribution in [2.24, 2.45) is 0 Å². The van der Waals surface area contributed by atoms with Crippen LogP contribution in [0.2, 0.25) is 0 Å². The van der Waals surface area contributed by atoms with Crippen LogP contribution in [-0.4, -0.2) is 26.9 Å². The largest absolute Gasteiger partial charge is 0.354 e. The highest BCUT2D eigenvalue weighted by atomic mass is 32.2. The maximum Gasteiger partial charge on any atom is 0.250 e. The summed E-state index contributed by atoms with van der Waals surface area (Å²) in [5, 5.41) is 4.49. The van der Waals surface area contributed by atoms with Crippen LogP contribution in [0.25, 0.3) is 0 Å². The van der Waals surface area contributed by atoms with Gasteiger partial charge in [-0.05, 0) is 50.5 Å². The van der Waals surface area contributed by atoms with E-state index in [1.807, 2.05) is 0 Å². The fourth-order valence-electron chi connectivity index (χ4n) is 2.39. The second-order valence-electron chi connectivity index (χ2n) is 5.42. The van der Waals surface area contributed by atoms with Crippen molar-refractivity contribution >= 4 is 27.3 Å². The molecule has 1 aromatic heterocycles. The highest BCUT2D eigenvalue weighted by Crippen LogP contribution is 2.19. The average molecular weight is 342 g/mol. The summed E-state index contributed by atoms with van der Waals surface area (Å²) in [7, 11) is -3.61. The Morgan fingerprint density at radius 3 is 2.86 bits per heavy atom. The highest BCUT2D eigenvalue weighted by Gasteiger charge is 2.22. The third kappa shape index (κ3) is 4.93. The van der Waals surface area contributed by atoms with Crippen molar-refractivity contribution in [3.05, 3.63) is 29.2 Å². The molecule has 7 heteroatoms. The molecule has 1 atom stereocenters. The van der Waals surface area contributed by atoms with Crippen molar-refractivity contribution in [3.8, 4) is 0 Å². The molecule has 2 N–H and O–H groups in total. The number of amides is 1. The number of carbonyl (C=O) groups excluding carboxylic acids is 1. The van der Waals surface area contributed by atoms with E-state index in [0.29, 0.717) is 6.54 Å². The van der Waals surface area contributed by atoms with Gasteiger partial charge in [-0.3, -0.25) is 4.79 Å². The zero-order valence-corrected chi connectivity index (χ0v) is 14.3. The molecule has 1 aliphatic rings. The summed E-state index contributed by atoms with van der Waals surface area (Å²) >= 11 is 1.13. The summed E-state index contributed by atoms with van der Waals surface area (Å²) in [4.78, 5) is 12.0. The van der Waals surface area contributed by atoms with Gasteiger partial charge in [-0.25, -0.2) is 8.42 Å². The van der Waals surface area contributed by atoms with E-state index in [0.717, 1.165) is 30.6 Å². The molecule has 0 fully saturated rings. The highest BCUT2D eigenvalue weighted by molar-refractivity contribution is 7.91. The van der Waals surface area contributed by atoms with Crippen molar-refractivity contribution in [2.75, 3.05) is 6.54 Å². The van der Waals surface area contributed by atoms with Gasteiger partial charge in [-0.1, -0.05) is 17.7 Å². The minimum Gasteiger partial charge on any atom is -0.354 e. The summed E-state index contributed by atoms with van der Waals surface area (Å²) in [5.41, 5.74) is 1.39. The molecule has 0 aliphatic heterocycles. The first kappa shape index (κ1) is 17.2. The number of carbonyl (C=O) groups is 1. The van der Waals surface area contributed by atoms with Crippen molar-refractivity contribution < 1.29 is 13.2 Å². The average Bonchev–Trinajstić information content (AvgIpc) is 3.03. The molecule has 1 aliphatic carbocycles. The quantitative estimate of drug-likeness (QED) is 0.747. The van der Waals surface area contributed by atoms with Gasteiger partial charge >= 0.3 is 0 Å². The van der Waals surface area contributed by atoms with E-state index < -0.39 is 16.1 Å². The van der Waals surface area contributed by atoms with E-state index in [1.54, 1.807) is 18.4 Å². The standard InChI is InChI=1S/C15H22N2O3S2/c1-12(17-22(19,20)14-8-5-11-21-14)15(18)16-10-9-13-6-3-2-4-7-13/h5-6,8,11-12,17H,2-4,7,9-10H2,1H3,(H,16,18)/t12-/m1/s1. The normalized spacial score (nSPS) is 16.9. The lowest BCUT2D eigenvalue weighted by Crippen LogP contribution is -2.44. The predicted octanol–water partition coefficient (Wildman–Crippen LogP) is 2.42. The number of sulfonamides is 1. The first-order chi connectivity index (χ1) is 10.5. The van der Waals surface area contributed by atoms with Crippen LogP contribution in [0.15, 0.2) is 33.4 Å². The first-order valence-electron chi connectivity index (χ1n) is 7.50. The molecule has 0 unspecified atom stereocenters. The molecule has 1 amide bonds. The summed E-state index contributed by atoms with van der Waals surface area (Å²) in [6.07, 6.45) is 7.79. The molecular weight excluding hydrogens is 320 g/mol. The van der Waals surface area contributed by atoms with Crippen LogP contribution in [0.4, 0.5) is 0 Å². The molecule has 0 bridgehead atoms. The Balaban J connectivity index is 1.78. The topological polar surface area (TPSA) is 75.3 Å². The molecule has 0 radical (unpaired) electrons. The maximum atomic E-state index is 12.0. The number of hydrogen-bond donors (Lipinski definition) is 2. The Hall–Kier alpha value is -1.18. The Bertz CT molecular complexity index is 621. The zero-order chi connectivity index (χ0) is 16.0. The Labute approximate surface area is 135 Å². The van der Waals surface area contributed by atoms with Gasteiger partial charge in [0.25, 0.3) is 10.0 Å². The monoisotopic (exact) mass is 342 g/mol. The first-order valence-corrected chi connectivity index (χ1v) is 9.87. The van der Waals surface area contributed by atoms with Gasteiger partial charge in [0.2, 0.25) is 5.91 Å². The molecule has 1 aromatic rings. The van der Waals surface area contributed by atoms with E-state index in [-0.39, 0.29) is 10.1 Å². The molecule has 22 heavy (non-hydrogen) atoms. The predicted molar refractivity (Wildman–Crippen MR) is 88.3 cm³/mol. The lowest BCUT2D eigenvalue weighted by atomic mass is 9.97. The second kappa shape index (κ2) is 7.89. The number of thiophene rings is 1. The van der Waals surface area contributed by atoms with Crippen molar-refractivity contribution in [1.29, 1.82) is 0 Å². The minimum absolute atomic E-state index is 0.222. The lowest BCUT2D eigenvalue weighted by molar-refractivity contribution is -0.122. The molecule has 1 heterocycles. The molecule has 2 rings (SSSR count). The molecule has 0 aromatic carbocycles. The summed E-state index contributed by atoms with van der Waals surface area (Å²) in [6.45, 7) is 2.11. The maximum absolute atomic E-state index is 12.0. The summed E-state index contributed by atoms with van der Waals surface area (Å²) in [6, 6.07) is 2.40. The molecule has 0 spiro atoms. The lowest BCUT2D eigenvalue weighted by Gasteiger charge is -2.15. The van der Waals surface area contributed by atoms with Gasteiger partial charge < -0.3 is 5.32 Å². The van der Waals surface area contributed by atoms with Gasteiger partial charge in [-0.2, -0.15) is 4.72 Å². The van der Waals surface area contributed by atoms with Gasteiger partial charge in [0.05, 0.1) is 6.04 Å². The van der Waals surface area contributed by atoms with E-state index in [2.05, 4.69) is 16.1 Å². The number of hydrogen-bond acceptors (Lipinski definition) is 4. The Morgan fingerprint density at radius 1 is 1.41 bits per heavy atom. The van der Waals surface area contributed by atoms with Gasteiger partial charge in [-0.15, -0.1) is 11.3 Å². The zero-order valence-electron chi connectivity index (χ0n) is 12.7. The van der Waals surface area contributed by atoms with E-state index in [1.165, 1.54) is 24.5 Å². The van der Waals surface area contributed by atoms with E-state index in [9.17, 15) is 13.2 Å². The Kier molecular flexibility index (Phi) is 6.16. The van der Waals surface area contributed by atoms with Crippen molar-refractivity contribution in [3.63, 3.8) is 0 Å². The SMILES string of the molecule is C[C@@H](NS(=O)(=O)c1cccs1)C(=O)NCCC1=CCCCC1. The third-order valence-corrected chi connectivity index (χ3v) is 6.55. The van der Waals surface area contributed by atoms with Gasteiger partial charge in [0.1, 0.15) is 4.21 Å². The molecule has 5 nitrogen and oxygen atoms in total. The molecular formula is C15H22N2O3S2. The van der Waals surface area contributed by atoms with Gasteiger partial charge in [0, 0.05) is 6.54 Å². The molecule has 0 saturated carbocycles. The number of rotatable bonds is 7. The van der Waals surface area contributed by atoms with Crippen LogP contribution >= 0.6 is 11.3 Å². The smallest absolute Gasteiger partial charge is 0.250 e. The Morgan fingerprint density at radius 2 is 2.23 bits per heavy atom. The van der Waals surface area contributed by atoms with Crippen LogP contribution in [0.3, 0.4) is 0 Å². The second-order valence-corrected chi connectivity index (χ2v) is 8.31. The van der Waals surface area contributed by atoms with Crippen LogP contribution in [0.1, 0.15) is 39.0 Å². The van der Waals surface area contributed by atoms with Gasteiger partial charge in [0.15, 0.2) is 0 Å². The van der Waals surface area contributed by atoms with E-state index >= 15 is 0 Å². The van der Waals surface area contributed by atoms with Crippen LogP contribution < -0.4 is 10.0 Å². The summed E-state index contributed by atoms with van der Waals surface area (Å²) < 4.78 is 26.7. The van der Waals surface area contributed by atoms with E-state index in [4.69, 9.17) is 0 Å². The van der Waals surface area contributed by atoms with Crippen LogP contribution in [0, 0.1) is 0 Å². The fraction of sp³-hybridized carbons (Fsp3) is 0.533. The van der Waals surface area contributed by atoms with Crippen molar-refractivity contribution in [2.45, 2.75) is 49.3 Å². The number of allylic oxidation sites excluding steroid dienone is 1. The molecule has 0 saturated heterocycles. The van der Waals surface area contributed by atoms with Crippen molar-refractivity contribution in [1.82, 2.24) is 10.0 Å². The summed E-state index contributed by atoms with van der Waals surface area (Å²) in [5.74, 6) is -0.295. The van der Waals surface area contributed by atoms with Crippen LogP contribution in [0.5, 0.6) is 0 Å².